The monoisotopic (exact) mass is 262 g/mol. The van der Waals surface area contributed by atoms with Crippen LogP contribution >= 0.6 is 0 Å². The molecule has 0 bridgehead atoms. The van der Waals surface area contributed by atoms with Crippen molar-refractivity contribution in [3.8, 4) is 17.2 Å². The smallest absolute Gasteiger partial charge is 0.251 e. The Kier molecular flexibility index (Phi) is 3.57. The number of hydrogen-bond donors (Lipinski definition) is 1. The molecule has 0 saturated heterocycles. The minimum atomic E-state index is -1.15. The molecule has 5 nitrogen and oxygen atoms in total. The summed E-state index contributed by atoms with van der Waals surface area (Å²) in [7, 11) is 1.59. The molecule has 0 spiro atoms. The average Bonchev–Trinajstić information content (AvgIpc) is 2.87. The summed E-state index contributed by atoms with van der Waals surface area (Å²) in [6.45, 7) is 5.27. The summed E-state index contributed by atoms with van der Waals surface area (Å²) in [5.41, 5.74) is 0.740. The van der Waals surface area contributed by atoms with Gasteiger partial charge in [0.2, 0.25) is 5.89 Å². The van der Waals surface area contributed by atoms with E-state index in [1.165, 1.54) is 0 Å². The van der Waals surface area contributed by atoms with Crippen LogP contribution in [0.4, 0.5) is 0 Å². The van der Waals surface area contributed by atoms with E-state index in [-0.39, 0.29) is 5.89 Å². The summed E-state index contributed by atoms with van der Waals surface area (Å²) >= 11 is 0. The maximum absolute atomic E-state index is 9.85. The van der Waals surface area contributed by atoms with Gasteiger partial charge in [0.1, 0.15) is 11.4 Å². The van der Waals surface area contributed by atoms with Gasteiger partial charge in [0.05, 0.1) is 12.7 Å². The van der Waals surface area contributed by atoms with Gasteiger partial charge in [-0.1, -0.05) is 13.0 Å². The van der Waals surface area contributed by atoms with Gasteiger partial charge in [-0.2, -0.15) is 0 Å². The lowest BCUT2D eigenvalue weighted by atomic mass is 10.1. The number of benzene rings is 1. The molecule has 0 aliphatic rings. The lowest BCUT2D eigenvalue weighted by Crippen LogP contribution is -2.15. The third-order valence-electron chi connectivity index (χ3n) is 2.85. The molecular formula is C14H18N2O3. The van der Waals surface area contributed by atoms with Crippen molar-refractivity contribution in [1.29, 1.82) is 0 Å². The highest BCUT2D eigenvalue weighted by atomic mass is 16.5. The molecule has 2 aromatic rings. The van der Waals surface area contributed by atoms with E-state index in [0.29, 0.717) is 11.6 Å². The Bertz CT molecular complexity index is 570. The zero-order valence-corrected chi connectivity index (χ0v) is 11.6. The van der Waals surface area contributed by atoms with Crippen LogP contribution in [0.15, 0.2) is 22.6 Å². The summed E-state index contributed by atoms with van der Waals surface area (Å²) < 4.78 is 10.8. The van der Waals surface area contributed by atoms with Crippen LogP contribution < -0.4 is 4.74 Å². The second kappa shape index (κ2) is 5.01. The van der Waals surface area contributed by atoms with Crippen LogP contribution in [-0.4, -0.2) is 22.4 Å². The molecule has 1 aromatic carbocycles. The first-order chi connectivity index (χ1) is 8.95. The van der Waals surface area contributed by atoms with Crippen molar-refractivity contribution in [3.63, 3.8) is 0 Å². The average molecular weight is 262 g/mol. The van der Waals surface area contributed by atoms with Gasteiger partial charge in [0.25, 0.3) is 5.89 Å². The van der Waals surface area contributed by atoms with Crippen LogP contribution in [0.1, 0.15) is 32.2 Å². The summed E-state index contributed by atoms with van der Waals surface area (Å²) in [4.78, 5) is 0. The quantitative estimate of drug-likeness (QED) is 0.917. The van der Waals surface area contributed by atoms with Crippen LogP contribution in [0.25, 0.3) is 11.5 Å². The highest BCUT2D eigenvalue weighted by Gasteiger charge is 2.25. The molecule has 1 heterocycles. The maximum Gasteiger partial charge on any atom is 0.251 e. The molecule has 0 aliphatic carbocycles. The van der Waals surface area contributed by atoms with Crippen molar-refractivity contribution in [1.82, 2.24) is 10.2 Å². The van der Waals surface area contributed by atoms with Gasteiger partial charge in [-0.05, 0) is 38.0 Å². The van der Waals surface area contributed by atoms with Crippen molar-refractivity contribution >= 4 is 0 Å². The number of aryl methyl sites for hydroxylation is 1. The van der Waals surface area contributed by atoms with E-state index in [2.05, 4.69) is 17.1 Å². The summed E-state index contributed by atoms with van der Waals surface area (Å²) in [6.07, 6.45) is 0.906. The van der Waals surface area contributed by atoms with Gasteiger partial charge in [-0.3, -0.25) is 0 Å². The highest BCUT2D eigenvalue weighted by Crippen LogP contribution is 2.31. The first-order valence-corrected chi connectivity index (χ1v) is 6.19. The van der Waals surface area contributed by atoms with Gasteiger partial charge >= 0.3 is 0 Å². The highest BCUT2D eigenvalue weighted by molar-refractivity contribution is 5.63. The lowest BCUT2D eigenvalue weighted by Gasteiger charge is -2.10. The summed E-state index contributed by atoms with van der Waals surface area (Å²) in [5.74, 6) is 1.21. The fourth-order valence-electron chi connectivity index (χ4n) is 1.72. The number of rotatable bonds is 4. The third kappa shape index (κ3) is 2.76. The molecule has 0 unspecified atom stereocenters. The molecule has 102 valence electrons. The Morgan fingerprint density at radius 2 is 2.05 bits per heavy atom. The molecule has 0 fully saturated rings. The van der Waals surface area contributed by atoms with E-state index in [4.69, 9.17) is 9.15 Å². The zero-order valence-electron chi connectivity index (χ0n) is 11.6. The van der Waals surface area contributed by atoms with E-state index >= 15 is 0 Å². The zero-order chi connectivity index (χ0) is 14.0. The number of aromatic nitrogens is 2. The Labute approximate surface area is 112 Å². The minimum absolute atomic E-state index is 0.187. The molecule has 5 heteroatoms. The van der Waals surface area contributed by atoms with E-state index in [0.717, 1.165) is 17.5 Å². The van der Waals surface area contributed by atoms with Crippen LogP contribution in [0.2, 0.25) is 0 Å². The maximum atomic E-state index is 9.85. The standard InChI is InChI=1S/C14H18N2O3/c1-5-9-6-7-11(18-4)10(8-9)12-15-16-13(19-12)14(2,3)17/h6-8,17H,5H2,1-4H3. The molecule has 2 rings (SSSR count). The van der Waals surface area contributed by atoms with Crippen molar-refractivity contribution in [2.45, 2.75) is 32.8 Å². The second-order valence-electron chi connectivity index (χ2n) is 4.86. The van der Waals surface area contributed by atoms with Crippen LogP contribution in [-0.2, 0) is 12.0 Å². The lowest BCUT2D eigenvalue weighted by molar-refractivity contribution is 0.0487. The van der Waals surface area contributed by atoms with Gasteiger partial charge in [-0.25, -0.2) is 0 Å². The molecule has 0 radical (unpaired) electrons. The normalized spacial score (nSPS) is 11.6. The van der Waals surface area contributed by atoms with Gasteiger partial charge in [0, 0.05) is 0 Å². The number of ether oxygens (including phenoxy) is 1. The van der Waals surface area contributed by atoms with Crippen molar-refractivity contribution in [2.24, 2.45) is 0 Å². The number of methoxy groups -OCH3 is 1. The Morgan fingerprint density at radius 1 is 1.32 bits per heavy atom. The predicted molar refractivity (Wildman–Crippen MR) is 70.9 cm³/mol. The van der Waals surface area contributed by atoms with E-state index < -0.39 is 5.60 Å². The fourth-order valence-corrected chi connectivity index (χ4v) is 1.72. The molecular weight excluding hydrogens is 244 g/mol. The van der Waals surface area contributed by atoms with Crippen molar-refractivity contribution in [3.05, 3.63) is 29.7 Å². The van der Waals surface area contributed by atoms with E-state index in [1.54, 1.807) is 21.0 Å². The SMILES string of the molecule is CCc1ccc(OC)c(-c2nnc(C(C)(C)O)o2)c1. The largest absolute Gasteiger partial charge is 0.496 e. The molecule has 1 aromatic heterocycles. The third-order valence-corrected chi connectivity index (χ3v) is 2.85. The Morgan fingerprint density at radius 3 is 2.58 bits per heavy atom. The van der Waals surface area contributed by atoms with Gasteiger partial charge < -0.3 is 14.3 Å². The number of hydrogen-bond acceptors (Lipinski definition) is 5. The van der Waals surface area contributed by atoms with Gasteiger partial charge in [0.15, 0.2) is 0 Å². The first-order valence-electron chi connectivity index (χ1n) is 6.19. The topological polar surface area (TPSA) is 68.4 Å². The number of nitrogens with zero attached hydrogens (tertiary/aromatic N) is 2. The Balaban J connectivity index is 2.48. The molecule has 1 N–H and O–H groups in total. The molecule has 0 saturated carbocycles. The summed E-state index contributed by atoms with van der Waals surface area (Å²) in [6, 6.07) is 5.83. The second-order valence-corrected chi connectivity index (χ2v) is 4.86. The van der Waals surface area contributed by atoms with Crippen LogP contribution in [0.5, 0.6) is 5.75 Å². The number of aliphatic hydroxyl groups is 1. The van der Waals surface area contributed by atoms with E-state index in [1.807, 2.05) is 18.2 Å². The van der Waals surface area contributed by atoms with Crippen LogP contribution in [0, 0.1) is 0 Å². The first kappa shape index (κ1) is 13.5. The minimum Gasteiger partial charge on any atom is -0.496 e. The van der Waals surface area contributed by atoms with Crippen molar-refractivity contribution in [2.75, 3.05) is 7.11 Å². The summed E-state index contributed by atoms with van der Waals surface area (Å²) in [5, 5.41) is 17.7. The molecule has 19 heavy (non-hydrogen) atoms. The van der Waals surface area contributed by atoms with Crippen molar-refractivity contribution < 1.29 is 14.3 Å². The Hall–Kier alpha value is -1.88. The molecule has 0 aliphatic heterocycles. The van der Waals surface area contributed by atoms with E-state index in [9.17, 15) is 5.11 Å². The fraction of sp³-hybridized carbons (Fsp3) is 0.429. The van der Waals surface area contributed by atoms with Crippen LogP contribution in [0.3, 0.4) is 0 Å². The van der Waals surface area contributed by atoms with Gasteiger partial charge in [-0.15, -0.1) is 10.2 Å². The molecule has 0 atom stereocenters. The molecule has 0 amide bonds. The predicted octanol–water partition coefficient (Wildman–Crippen LogP) is 2.54.